The van der Waals surface area contributed by atoms with Gasteiger partial charge in [0.05, 0.1) is 16.5 Å². The van der Waals surface area contributed by atoms with Gasteiger partial charge in [-0.05, 0) is 51.5 Å². The minimum absolute atomic E-state index is 0.178. The van der Waals surface area contributed by atoms with Gasteiger partial charge in [0.2, 0.25) is 5.95 Å². The molecule has 0 aliphatic carbocycles. The van der Waals surface area contributed by atoms with E-state index in [4.69, 9.17) is 11.2 Å². The van der Waals surface area contributed by atoms with Crippen LogP contribution in [0.4, 0.5) is 4.39 Å². The molecule has 0 N–H and O–H groups in total. The molecule has 2 heterocycles. The summed E-state index contributed by atoms with van der Waals surface area (Å²) < 4.78 is 49.8. The number of terminal acetylenes is 1. The molecule has 1 aliphatic rings. The molecule has 1 fully saturated rings. The minimum Gasteiger partial charge on any atom is -0.744 e. The van der Waals surface area contributed by atoms with Crippen molar-refractivity contribution in [3.8, 4) is 18.1 Å². The van der Waals surface area contributed by atoms with Gasteiger partial charge in [0, 0.05) is 13.1 Å². The highest BCUT2D eigenvalue weighted by Crippen LogP contribution is 2.30. The van der Waals surface area contributed by atoms with Crippen molar-refractivity contribution in [2.24, 2.45) is 5.41 Å². The summed E-state index contributed by atoms with van der Waals surface area (Å²) in [6.07, 6.45) is 7.90. The lowest BCUT2D eigenvalue weighted by molar-refractivity contribution is -0.0665. The lowest BCUT2D eigenvalue weighted by Crippen LogP contribution is -2.54. The van der Waals surface area contributed by atoms with Crippen LogP contribution in [0.5, 0.6) is 5.75 Å². The molecule has 1 aliphatic heterocycles. The number of benzene rings is 1. The number of nitrogens with zero attached hydrogens (tertiary/aromatic N) is 2. The molecule has 1 unspecified atom stereocenters. The van der Waals surface area contributed by atoms with Crippen LogP contribution in [0.3, 0.4) is 0 Å². The van der Waals surface area contributed by atoms with Gasteiger partial charge in [-0.15, -0.1) is 6.42 Å². The van der Waals surface area contributed by atoms with Gasteiger partial charge < -0.3 is 9.29 Å². The molecule has 0 radical (unpaired) electrons. The summed E-state index contributed by atoms with van der Waals surface area (Å²) in [5.41, 5.74) is 0.520. The lowest BCUT2D eigenvalue weighted by atomic mass is 9.90. The molecular formula is C21H24FN2O4S-. The van der Waals surface area contributed by atoms with E-state index in [1.165, 1.54) is 24.4 Å². The first-order chi connectivity index (χ1) is 13.5. The summed E-state index contributed by atoms with van der Waals surface area (Å²) >= 11 is 0. The van der Waals surface area contributed by atoms with Crippen molar-refractivity contribution in [2.45, 2.75) is 38.3 Å². The Balaban J connectivity index is 0.000000234. The number of pyridine rings is 1. The maximum atomic E-state index is 12.8. The van der Waals surface area contributed by atoms with Crippen LogP contribution in [0.25, 0.3) is 0 Å². The molecular weight excluding hydrogens is 395 g/mol. The second kappa shape index (κ2) is 9.35. The number of likely N-dealkylation sites (tertiary alicyclic amines) is 1. The van der Waals surface area contributed by atoms with E-state index in [1.807, 2.05) is 20.8 Å². The van der Waals surface area contributed by atoms with Crippen molar-refractivity contribution in [1.82, 2.24) is 9.88 Å². The molecule has 0 bridgehead atoms. The van der Waals surface area contributed by atoms with Gasteiger partial charge in [0.1, 0.15) is 15.9 Å². The Morgan fingerprint density at radius 3 is 2.28 bits per heavy atom. The molecule has 1 saturated heterocycles. The quantitative estimate of drug-likeness (QED) is 0.421. The van der Waals surface area contributed by atoms with Gasteiger partial charge in [-0.3, -0.25) is 4.90 Å². The molecule has 0 spiro atoms. The first kappa shape index (κ1) is 22.8. The fraction of sp³-hybridized carbons (Fsp3) is 0.381. The Morgan fingerprint density at radius 1 is 1.24 bits per heavy atom. The smallest absolute Gasteiger partial charge is 0.213 e. The summed E-state index contributed by atoms with van der Waals surface area (Å²) in [5.74, 6) is 2.78. The van der Waals surface area contributed by atoms with E-state index < -0.39 is 21.5 Å². The molecule has 1 aromatic heterocycles. The van der Waals surface area contributed by atoms with E-state index >= 15 is 0 Å². The molecule has 1 aromatic carbocycles. The number of aryl methyl sites for hydroxylation is 1. The third kappa shape index (κ3) is 6.53. The predicted molar refractivity (Wildman–Crippen MR) is 107 cm³/mol. The number of ether oxygens (including phenoxy) is 1. The molecule has 1 atom stereocenters. The Bertz CT molecular complexity index is 948. The first-order valence-electron chi connectivity index (χ1n) is 9.05. The molecule has 29 heavy (non-hydrogen) atoms. The molecule has 6 nitrogen and oxygen atoms in total. The fourth-order valence-corrected chi connectivity index (χ4v) is 3.06. The third-order valence-electron chi connectivity index (χ3n) is 4.47. The number of aromatic nitrogens is 1. The van der Waals surface area contributed by atoms with Crippen LogP contribution in [0.2, 0.25) is 0 Å². The number of hydrogen-bond donors (Lipinski definition) is 0. The highest BCUT2D eigenvalue weighted by molar-refractivity contribution is 7.85. The van der Waals surface area contributed by atoms with E-state index in [2.05, 4.69) is 15.8 Å². The third-order valence-corrected chi connectivity index (χ3v) is 5.32. The number of rotatable bonds is 5. The minimum atomic E-state index is -4.27. The van der Waals surface area contributed by atoms with Crippen molar-refractivity contribution in [3.63, 3.8) is 0 Å². The average Bonchev–Trinajstić information content (AvgIpc) is 2.61. The first-order valence-corrected chi connectivity index (χ1v) is 10.5. The Hall–Kier alpha value is -2.47. The summed E-state index contributed by atoms with van der Waals surface area (Å²) in [4.78, 5) is 5.59. The van der Waals surface area contributed by atoms with Crippen LogP contribution in [0.1, 0.15) is 25.8 Å². The van der Waals surface area contributed by atoms with Crippen LogP contribution in [0, 0.1) is 30.6 Å². The van der Waals surface area contributed by atoms with E-state index in [0.717, 1.165) is 25.1 Å². The van der Waals surface area contributed by atoms with Gasteiger partial charge in [-0.1, -0.05) is 23.6 Å². The highest BCUT2D eigenvalue weighted by Gasteiger charge is 2.37. The maximum absolute atomic E-state index is 12.8. The van der Waals surface area contributed by atoms with E-state index in [1.54, 1.807) is 18.2 Å². The second-order valence-corrected chi connectivity index (χ2v) is 8.69. The van der Waals surface area contributed by atoms with Gasteiger partial charge in [0.25, 0.3) is 0 Å². The molecule has 156 valence electrons. The van der Waals surface area contributed by atoms with E-state index in [-0.39, 0.29) is 11.1 Å². The predicted octanol–water partition coefficient (Wildman–Crippen LogP) is 3.19. The second-order valence-electron chi connectivity index (χ2n) is 7.31. The zero-order chi connectivity index (χ0) is 21.7. The normalized spacial score (nSPS) is 15.3. The van der Waals surface area contributed by atoms with Crippen molar-refractivity contribution in [3.05, 3.63) is 54.1 Å². The van der Waals surface area contributed by atoms with Gasteiger partial charge in [0.15, 0.2) is 6.23 Å². The molecule has 0 saturated carbocycles. The summed E-state index contributed by atoms with van der Waals surface area (Å²) in [6, 6.07) is 8.64. The monoisotopic (exact) mass is 419 g/mol. The van der Waals surface area contributed by atoms with Crippen molar-refractivity contribution in [1.29, 1.82) is 0 Å². The van der Waals surface area contributed by atoms with Crippen LogP contribution in [-0.2, 0) is 10.1 Å². The summed E-state index contributed by atoms with van der Waals surface area (Å²) in [5, 5.41) is 0. The molecule has 0 amide bonds. The Labute approximate surface area is 171 Å². The SMILES string of the molecule is C#CC(C)(C)C(Oc1ccc(F)nc1)N1CCC1.Cc1ccc(S(=O)(=O)[O-])cc1. The molecule has 2 aromatic rings. The van der Waals surface area contributed by atoms with Crippen molar-refractivity contribution >= 4 is 10.1 Å². The van der Waals surface area contributed by atoms with Gasteiger partial charge in [-0.2, -0.15) is 4.39 Å². The zero-order valence-corrected chi connectivity index (χ0v) is 17.4. The van der Waals surface area contributed by atoms with Crippen molar-refractivity contribution in [2.75, 3.05) is 13.1 Å². The van der Waals surface area contributed by atoms with Gasteiger partial charge >= 0.3 is 0 Å². The Morgan fingerprint density at radius 2 is 1.86 bits per heavy atom. The fourth-order valence-electron chi connectivity index (χ4n) is 2.59. The van der Waals surface area contributed by atoms with Crippen LogP contribution in [0.15, 0.2) is 47.5 Å². The van der Waals surface area contributed by atoms with Gasteiger partial charge in [-0.25, -0.2) is 13.4 Å². The van der Waals surface area contributed by atoms with Crippen LogP contribution < -0.4 is 4.74 Å². The molecule has 3 rings (SSSR count). The van der Waals surface area contributed by atoms with E-state index in [0.29, 0.717) is 5.75 Å². The van der Waals surface area contributed by atoms with Crippen molar-refractivity contribution < 1.29 is 22.1 Å². The summed E-state index contributed by atoms with van der Waals surface area (Å²) in [6.45, 7) is 7.70. The highest BCUT2D eigenvalue weighted by atomic mass is 32.2. The largest absolute Gasteiger partial charge is 0.744 e. The van der Waals surface area contributed by atoms with Crippen LogP contribution in [-0.4, -0.2) is 42.2 Å². The van der Waals surface area contributed by atoms with Crippen LogP contribution >= 0.6 is 0 Å². The zero-order valence-electron chi connectivity index (χ0n) is 16.6. The number of hydrogen-bond acceptors (Lipinski definition) is 6. The molecule has 8 heteroatoms. The topological polar surface area (TPSA) is 82.6 Å². The Kier molecular flexibility index (Phi) is 7.36. The lowest BCUT2D eigenvalue weighted by Gasteiger charge is -2.43. The van der Waals surface area contributed by atoms with E-state index in [9.17, 15) is 17.4 Å². The average molecular weight is 419 g/mol. The maximum Gasteiger partial charge on any atom is 0.213 e. The standard InChI is InChI=1S/C14H17FN2O.C7H8O3S/c1-4-14(2,3)13(17-8-5-9-17)18-11-6-7-12(15)16-10-11;1-6-2-4-7(5-3-6)11(8,9)10/h1,6-7,10,13H,5,8-9H2,2-3H3;2-5H,1H3,(H,8,9,10)/p-1. The summed E-state index contributed by atoms with van der Waals surface area (Å²) in [7, 11) is -4.27. The number of halogens is 1.